The summed E-state index contributed by atoms with van der Waals surface area (Å²) >= 11 is 1.59. The molecule has 0 unspecified atom stereocenters. The third-order valence-electron chi connectivity index (χ3n) is 1.96. The standard InChI is InChI=1S/C10H13N3OS/c1-3-8-4-11-9(14-8)5-12-10-13-7(2)6-15-10/h4,6H,3,5H2,1-2H3,(H,12,13). The van der Waals surface area contributed by atoms with Crippen LogP contribution >= 0.6 is 11.3 Å². The predicted octanol–water partition coefficient (Wildman–Crippen LogP) is 2.61. The van der Waals surface area contributed by atoms with Crippen LogP contribution in [0.3, 0.4) is 0 Å². The second-order valence-corrected chi connectivity index (χ2v) is 4.08. The summed E-state index contributed by atoms with van der Waals surface area (Å²) in [5.41, 5.74) is 1.03. The lowest BCUT2D eigenvalue weighted by atomic mass is 10.4. The Hall–Kier alpha value is -1.36. The van der Waals surface area contributed by atoms with E-state index in [1.807, 2.05) is 19.2 Å². The van der Waals surface area contributed by atoms with E-state index in [0.29, 0.717) is 12.4 Å². The van der Waals surface area contributed by atoms with Gasteiger partial charge >= 0.3 is 0 Å². The van der Waals surface area contributed by atoms with Crippen molar-refractivity contribution in [3.05, 3.63) is 28.9 Å². The first-order valence-electron chi connectivity index (χ1n) is 4.87. The lowest BCUT2D eigenvalue weighted by molar-refractivity contribution is 0.466. The molecule has 2 heterocycles. The molecule has 0 aliphatic carbocycles. The Morgan fingerprint density at radius 3 is 3.00 bits per heavy atom. The number of aryl methyl sites for hydroxylation is 2. The number of oxazole rings is 1. The summed E-state index contributed by atoms with van der Waals surface area (Å²) in [5.74, 6) is 1.63. The molecule has 80 valence electrons. The van der Waals surface area contributed by atoms with E-state index in [-0.39, 0.29) is 0 Å². The zero-order valence-electron chi connectivity index (χ0n) is 8.78. The monoisotopic (exact) mass is 223 g/mol. The minimum absolute atomic E-state index is 0.590. The second-order valence-electron chi connectivity index (χ2n) is 3.22. The topological polar surface area (TPSA) is 51.0 Å². The SMILES string of the molecule is CCc1cnc(CNc2nc(C)cs2)o1. The molecule has 2 rings (SSSR count). The van der Waals surface area contributed by atoms with Crippen molar-refractivity contribution in [3.63, 3.8) is 0 Å². The van der Waals surface area contributed by atoms with Crippen molar-refractivity contribution in [2.24, 2.45) is 0 Å². The van der Waals surface area contributed by atoms with E-state index < -0.39 is 0 Å². The minimum atomic E-state index is 0.590. The summed E-state index contributed by atoms with van der Waals surface area (Å²) in [6.45, 7) is 4.61. The quantitative estimate of drug-likeness (QED) is 0.865. The maximum absolute atomic E-state index is 5.46. The molecule has 0 radical (unpaired) electrons. The molecule has 15 heavy (non-hydrogen) atoms. The molecule has 1 N–H and O–H groups in total. The van der Waals surface area contributed by atoms with Gasteiger partial charge in [0.2, 0.25) is 5.89 Å². The molecule has 0 spiro atoms. The summed E-state index contributed by atoms with van der Waals surface area (Å²) < 4.78 is 5.46. The summed E-state index contributed by atoms with van der Waals surface area (Å²) in [4.78, 5) is 8.45. The van der Waals surface area contributed by atoms with Gasteiger partial charge in [-0.1, -0.05) is 6.92 Å². The van der Waals surface area contributed by atoms with E-state index in [4.69, 9.17) is 4.42 Å². The fraction of sp³-hybridized carbons (Fsp3) is 0.400. The molecular weight excluding hydrogens is 210 g/mol. The number of nitrogens with one attached hydrogen (secondary N) is 1. The van der Waals surface area contributed by atoms with Crippen LogP contribution in [0.15, 0.2) is 16.0 Å². The highest BCUT2D eigenvalue weighted by Gasteiger charge is 2.03. The van der Waals surface area contributed by atoms with Gasteiger partial charge in [-0.25, -0.2) is 9.97 Å². The maximum Gasteiger partial charge on any atom is 0.213 e. The van der Waals surface area contributed by atoms with Gasteiger partial charge in [-0.05, 0) is 6.92 Å². The molecule has 0 aliphatic rings. The first kappa shape index (κ1) is 10.2. The van der Waals surface area contributed by atoms with Crippen LogP contribution in [0.5, 0.6) is 0 Å². The molecule has 0 bridgehead atoms. The molecule has 0 amide bonds. The Morgan fingerprint density at radius 2 is 2.40 bits per heavy atom. The lowest BCUT2D eigenvalue weighted by Gasteiger charge is -1.97. The molecule has 0 fully saturated rings. The number of hydrogen-bond donors (Lipinski definition) is 1. The van der Waals surface area contributed by atoms with Crippen LogP contribution in [0.25, 0.3) is 0 Å². The van der Waals surface area contributed by atoms with Gasteiger partial charge in [0.15, 0.2) is 5.13 Å². The van der Waals surface area contributed by atoms with Gasteiger partial charge in [-0.2, -0.15) is 0 Å². The largest absolute Gasteiger partial charge is 0.444 e. The Balaban J connectivity index is 1.93. The van der Waals surface area contributed by atoms with Crippen molar-refractivity contribution in [1.82, 2.24) is 9.97 Å². The summed E-state index contributed by atoms with van der Waals surface area (Å²) in [6.07, 6.45) is 2.65. The smallest absolute Gasteiger partial charge is 0.213 e. The van der Waals surface area contributed by atoms with Gasteiger partial charge in [0.1, 0.15) is 5.76 Å². The van der Waals surface area contributed by atoms with Crippen molar-refractivity contribution in [1.29, 1.82) is 0 Å². The fourth-order valence-corrected chi connectivity index (χ4v) is 1.87. The van der Waals surface area contributed by atoms with Crippen molar-refractivity contribution in [2.45, 2.75) is 26.8 Å². The van der Waals surface area contributed by atoms with E-state index in [0.717, 1.165) is 23.0 Å². The first-order chi connectivity index (χ1) is 7.28. The minimum Gasteiger partial charge on any atom is -0.444 e. The molecule has 0 aliphatic heterocycles. The highest BCUT2D eigenvalue weighted by atomic mass is 32.1. The lowest BCUT2D eigenvalue weighted by Crippen LogP contribution is -1.98. The number of nitrogens with zero attached hydrogens (tertiary/aromatic N) is 2. The van der Waals surface area contributed by atoms with Crippen molar-refractivity contribution >= 4 is 16.5 Å². The molecule has 2 aromatic heterocycles. The second kappa shape index (κ2) is 4.44. The number of rotatable bonds is 4. The van der Waals surface area contributed by atoms with Gasteiger partial charge in [-0.15, -0.1) is 11.3 Å². The third-order valence-corrected chi connectivity index (χ3v) is 2.88. The highest BCUT2D eigenvalue weighted by molar-refractivity contribution is 7.13. The van der Waals surface area contributed by atoms with E-state index in [1.54, 1.807) is 17.5 Å². The van der Waals surface area contributed by atoms with Crippen molar-refractivity contribution in [3.8, 4) is 0 Å². The van der Waals surface area contributed by atoms with Crippen molar-refractivity contribution < 1.29 is 4.42 Å². The van der Waals surface area contributed by atoms with E-state index in [1.165, 1.54) is 0 Å². The Morgan fingerprint density at radius 1 is 1.53 bits per heavy atom. The molecule has 0 saturated heterocycles. The van der Waals surface area contributed by atoms with Crippen molar-refractivity contribution in [2.75, 3.05) is 5.32 Å². The molecule has 2 aromatic rings. The summed E-state index contributed by atoms with van der Waals surface area (Å²) in [6, 6.07) is 0. The zero-order valence-corrected chi connectivity index (χ0v) is 9.60. The van der Waals surface area contributed by atoms with Crippen LogP contribution in [0.2, 0.25) is 0 Å². The normalized spacial score (nSPS) is 10.5. The molecular formula is C10H13N3OS. The van der Waals surface area contributed by atoms with Crippen LogP contribution in [0.1, 0.15) is 24.3 Å². The number of anilines is 1. The summed E-state index contributed by atoms with van der Waals surface area (Å²) in [7, 11) is 0. The predicted molar refractivity (Wildman–Crippen MR) is 60.1 cm³/mol. The van der Waals surface area contributed by atoms with E-state index >= 15 is 0 Å². The van der Waals surface area contributed by atoms with Gasteiger partial charge in [0.25, 0.3) is 0 Å². The van der Waals surface area contributed by atoms with Gasteiger partial charge in [0.05, 0.1) is 18.4 Å². The zero-order chi connectivity index (χ0) is 10.7. The Labute approximate surface area is 92.4 Å². The molecule has 0 aromatic carbocycles. The number of thiazole rings is 1. The molecule has 4 nitrogen and oxygen atoms in total. The molecule has 0 atom stereocenters. The average molecular weight is 223 g/mol. The maximum atomic E-state index is 5.46. The Bertz CT molecular complexity index is 435. The van der Waals surface area contributed by atoms with E-state index in [9.17, 15) is 0 Å². The highest BCUT2D eigenvalue weighted by Crippen LogP contribution is 2.15. The first-order valence-corrected chi connectivity index (χ1v) is 5.75. The number of aromatic nitrogens is 2. The van der Waals surface area contributed by atoms with Gasteiger partial charge < -0.3 is 9.73 Å². The van der Waals surface area contributed by atoms with Gasteiger partial charge in [-0.3, -0.25) is 0 Å². The van der Waals surface area contributed by atoms with Crippen LogP contribution < -0.4 is 5.32 Å². The number of hydrogen-bond acceptors (Lipinski definition) is 5. The fourth-order valence-electron chi connectivity index (χ4n) is 1.18. The average Bonchev–Trinajstić information content (AvgIpc) is 2.83. The third kappa shape index (κ3) is 2.56. The molecule has 0 saturated carbocycles. The van der Waals surface area contributed by atoms with Crippen LogP contribution in [0.4, 0.5) is 5.13 Å². The van der Waals surface area contributed by atoms with Crippen LogP contribution in [-0.2, 0) is 13.0 Å². The van der Waals surface area contributed by atoms with Crippen LogP contribution in [-0.4, -0.2) is 9.97 Å². The summed E-state index contributed by atoms with van der Waals surface area (Å²) in [5, 5.41) is 6.09. The van der Waals surface area contributed by atoms with Crippen LogP contribution in [0, 0.1) is 6.92 Å². The van der Waals surface area contributed by atoms with E-state index in [2.05, 4.69) is 15.3 Å². The van der Waals surface area contributed by atoms with Gasteiger partial charge in [0, 0.05) is 11.8 Å². The molecule has 5 heteroatoms. The Kier molecular flexibility index (Phi) is 3.01.